The highest BCUT2D eigenvalue weighted by Crippen LogP contribution is 2.26. The average molecular weight is 256 g/mol. The van der Waals surface area contributed by atoms with Crippen LogP contribution in [0.15, 0.2) is 41.0 Å². The maximum absolute atomic E-state index is 6.09. The van der Waals surface area contributed by atoms with Crippen LogP contribution in [0.1, 0.15) is 23.8 Å². The smallest absolute Gasteiger partial charge is 0.105 e. The molecular formula is C16H20N2O. The Labute approximate surface area is 114 Å². The van der Waals surface area contributed by atoms with Gasteiger partial charge in [-0.15, -0.1) is 0 Å². The molecule has 0 saturated heterocycles. The molecule has 0 radical (unpaired) electrons. The number of fused-ring (bicyclic) bond motifs is 1. The van der Waals surface area contributed by atoms with Gasteiger partial charge in [0.25, 0.3) is 0 Å². The van der Waals surface area contributed by atoms with E-state index in [-0.39, 0.29) is 0 Å². The van der Waals surface area contributed by atoms with E-state index in [1.807, 2.05) is 18.2 Å². The van der Waals surface area contributed by atoms with Gasteiger partial charge in [0.15, 0.2) is 0 Å². The van der Waals surface area contributed by atoms with E-state index in [1.54, 1.807) is 6.26 Å². The Balaban J connectivity index is 1.73. The number of benzene rings is 1. The molecule has 0 fully saturated rings. The van der Waals surface area contributed by atoms with E-state index < -0.39 is 0 Å². The van der Waals surface area contributed by atoms with Crippen LogP contribution in [-0.2, 0) is 19.4 Å². The van der Waals surface area contributed by atoms with Crippen LogP contribution >= 0.6 is 0 Å². The fourth-order valence-electron chi connectivity index (χ4n) is 2.85. The van der Waals surface area contributed by atoms with Crippen LogP contribution in [0.3, 0.4) is 0 Å². The summed E-state index contributed by atoms with van der Waals surface area (Å²) < 4.78 is 5.44. The van der Waals surface area contributed by atoms with Gasteiger partial charge in [0, 0.05) is 31.2 Å². The molecule has 1 atom stereocenters. The third-order valence-corrected chi connectivity index (χ3v) is 4.04. The molecule has 3 rings (SSSR count). The number of nitrogens with zero attached hydrogens (tertiary/aromatic N) is 1. The number of nitrogen functional groups attached to an aromatic ring is 1. The van der Waals surface area contributed by atoms with Crippen LogP contribution in [0, 0.1) is 0 Å². The lowest BCUT2D eigenvalue weighted by Crippen LogP contribution is -2.39. The van der Waals surface area contributed by atoms with Gasteiger partial charge in [0.2, 0.25) is 0 Å². The van der Waals surface area contributed by atoms with Crippen molar-refractivity contribution in [3.63, 3.8) is 0 Å². The SMILES string of the molecule is CC(Cc1ccco1)N1CCc2cccc(N)c2C1. The second kappa shape index (κ2) is 5.10. The molecule has 0 saturated carbocycles. The maximum Gasteiger partial charge on any atom is 0.105 e. The standard InChI is InChI=1S/C16H20N2O/c1-12(10-14-5-3-9-19-14)18-8-7-13-4-2-6-16(17)15(13)11-18/h2-6,9,12H,7-8,10-11,17H2,1H3. The summed E-state index contributed by atoms with van der Waals surface area (Å²) in [5.41, 5.74) is 9.73. The quantitative estimate of drug-likeness (QED) is 0.859. The molecule has 2 heterocycles. The second-order valence-corrected chi connectivity index (χ2v) is 5.34. The van der Waals surface area contributed by atoms with Gasteiger partial charge in [-0.25, -0.2) is 0 Å². The Morgan fingerprint density at radius 2 is 2.21 bits per heavy atom. The van der Waals surface area contributed by atoms with Crippen molar-refractivity contribution in [1.82, 2.24) is 4.90 Å². The summed E-state index contributed by atoms with van der Waals surface area (Å²) in [6.07, 6.45) is 3.78. The lowest BCUT2D eigenvalue weighted by atomic mass is 9.96. The topological polar surface area (TPSA) is 42.4 Å². The van der Waals surface area contributed by atoms with Crippen molar-refractivity contribution < 1.29 is 4.42 Å². The van der Waals surface area contributed by atoms with E-state index in [1.165, 1.54) is 11.1 Å². The molecular weight excluding hydrogens is 236 g/mol. The molecule has 0 bridgehead atoms. The first-order chi connectivity index (χ1) is 9.24. The van der Waals surface area contributed by atoms with Crippen molar-refractivity contribution in [1.29, 1.82) is 0 Å². The number of anilines is 1. The first-order valence-corrected chi connectivity index (χ1v) is 6.86. The van der Waals surface area contributed by atoms with Crippen LogP contribution in [0.4, 0.5) is 5.69 Å². The highest BCUT2D eigenvalue weighted by atomic mass is 16.3. The molecule has 0 spiro atoms. The van der Waals surface area contributed by atoms with Gasteiger partial charge in [-0.05, 0) is 42.7 Å². The Kier molecular flexibility index (Phi) is 3.30. The summed E-state index contributed by atoms with van der Waals surface area (Å²) in [6.45, 7) is 4.30. The van der Waals surface area contributed by atoms with E-state index in [0.29, 0.717) is 6.04 Å². The molecule has 1 aliphatic rings. The van der Waals surface area contributed by atoms with Crippen LogP contribution in [0.25, 0.3) is 0 Å². The van der Waals surface area contributed by atoms with Crippen molar-refractivity contribution >= 4 is 5.69 Å². The third kappa shape index (κ3) is 2.51. The van der Waals surface area contributed by atoms with Crippen molar-refractivity contribution in [2.75, 3.05) is 12.3 Å². The number of furan rings is 1. The Bertz CT molecular complexity index is 548. The molecule has 0 aliphatic carbocycles. The van der Waals surface area contributed by atoms with Gasteiger partial charge in [-0.3, -0.25) is 4.90 Å². The van der Waals surface area contributed by atoms with E-state index in [2.05, 4.69) is 24.0 Å². The first-order valence-electron chi connectivity index (χ1n) is 6.86. The lowest BCUT2D eigenvalue weighted by Gasteiger charge is -2.34. The molecule has 1 aliphatic heterocycles. The van der Waals surface area contributed by atoms with Crippen LogP contribution < -0.4 is 5.73 Å². The highest BCUT2D eigenvalue weighted by Gasteiger charge is 2.22. The van der Waals surface area contributed by atoms with Gasteiger partial charge in [-0.1, -0.05) is 12.1 Å². The fraction of sp³-hybridized carbons (Fsp3) is 0.375. The largest absolute Gasteiger partial charge is 0.469 e. The van der Waals surface area contributed by atoms with Crippen molar-refractivity contribution in [2.24, 2.45) is 0 Å². The minimum atomic E-state index is 0.471. The molecule has 1 unspecified atom stereocenters. The minimum Gasteiger partial charge on any atom is -0.469 e. The van der Waals surface area contributed by atoms with Crippen molar-refractivity contribution in [3.8, 4) is 0 Å². The Morgan fingerprint density at radius 1 is 1.32 bits per heavy atom. The normalized spacial score (nSPS) is 17.1. The minimum absolute atomic E-state index is 0.471. The van der Waals surface area contributed by atoms with E-state index >= 15 is 0 Å². The van der Waals surface area contributed by atoms with Gasteiger partial charge in [0.1, 0.15) is 5.76 Å². The van der Waals surface area contributed by atoms with E-state index in [0.717, 1.165) is 37.4 Å². The number of nitrogens with two attached hydrogens (primary N) is 1. The van der Waals surface area contributed by atoms with Gasteiger partial charge in [0.05, 0.1) is 6.26 Å². The van der Waals surface area contributed by atoms with Gasteiger partial charge >= 0.3 is 0 Å². The summed E-state index contributed by atoms with van der Waals surface area (Å²) in [4.78, 5) is 2.49. The van der Waals surface area contributed by atoms with E-state index in [9.17, 15) is 0 Å². The molecule has 1 aromatic heterocycles. The number of rotatable bonds is 3. The predicted octanol–water partition coefficient (Wildman–Crippen LogP) is 2.85. The highest BCUT2D eigenvalue weighted by molar-refractivity contribution is 5.51. The van der Waals surface area contributed by atoms with Crippen LogP contribution in [-0.4, -0.2) is 17.5 Å². The molecule has 1 aromatic carbocycles. The monoisotopic (exact) mass is 256 g/mol. The summed E-state index contributed by atoms with van der Waals surface area (Å²) in [5, 5.41) is 0. The summed E-state index contributed by atoms with van der Waals surface area (Å²) >= 11 is 0. The van der Waals surface area contributed by atoms with Crippen molar-refractivity contribution in [2.45, 2.75) is 32.4 Å². The molecule has 2 aromatic rings. The van der Waals surface area contributed by atoms with Gasteiger partial charge in [-0.2, -0.15) is 0 Å². The van der Waals surface area contributed by atoms with Crippen LogP contribution in [0.2, 0.25) is 0 Å². The molecule has 0 amide bonds. The predicted molar refractivity (Wildman–Crippen MR) is 76.8 cm³/mol. The first kappa shape index (κ1) is 12.3. The maximum atomic E-state index is 6.09. The second-order valence-electron chi connectivity index (χ2n) is 5.34. The third-order valence-electron chi connectivity index (χ3n) is 4.04. The zero-order valence-corrected chi connectivity index (χ0v) is 11.3. The summed E-state index contributed by atoms with van der Waals surface area (Å²) in [6, 6.07) is 10.7. The number of hydrogen-bond donors (Lipinski definition) is 1. The Morgan fingerprint density at radius 3 is 3.00 bits per heavy atom. The fourth-order valence-corrected chi connectivity index (χ4v) is 2.85. The summed E-state index contributed by atoms with van der Waals surface area (Å²) in [7, 11) is 0. The Hall–Kier alpha value is -1.74. The molecule has 3 nitrogen and oxygen atoms in total. The average Bonchev–Trinajstić information content (AvgIpc) is 2.92. The molecule has 100 valence electrons. The van der Waals surface area contributed by atoms with E-state index in [4.69, 9.17) is 10.2 Å². The molecule has 19 heavy (non-hydrogen) atoms. The summed E-state index contributed by atoms with van der Waals surface area (Å²) in [5.74, 6) is 1.05. The molecule has 3 heteroatoms. The number of hydrogen-bond acceptors (Lipinski definition) is 3. The molecule has 2 N–H and O–H groups in total. The lowest BCUT2D eigenvalue weighted by molar-refractivity contribution is 0.184. The van der Waals surface area contributed by atoms with Crippen molar-refractivity contribution in [3.05, 3.63) is 53.5 Å². The zero-order chi connectivity index (χ0) is 13.2. The zero-order valence-electron chi connectivity index (χ0n) is 11.3. The van der Waals surface area contributed by atoms with Crippen LogP contribution in [0.5, 0.6) is 0 Å². The van der Waals surface area contributed by atoms with Gasteiger partial charge < -0.3 is 10.2 Å².